The van der Waals surface area contributed by atoms with E-state index in [2.05, 4.69) is 5.32 Å². The number of nitrogens with one attached hydrogen (secondary N) is 1. The van der Waals surface area contributed by atoms with Crippen molar-refractivity contribution in [1.29, 1.82) is 5.26 Å². The van der Waals surface area contributed by atoms with Crippen LogP contribution in [0.25, 0.3) is 0 Å². The summed E-state index contributed by atoms with van der Waals surface area (Å²) >= 11 is 0. The molecule has 6 heteroatoms. The Morgan fingerprint density at radius 2 is 2.00 bits per heavy atom. The third kappa shape index (κ3) is 3.79. The first-order chi connectivity index (χ1) is 8.08. The summed E-state index contributed by atoms with van der Waals surface area (Å²) in [6, 6.07) is 3.58. The van der Waals surface area contributed by atoms with E-state index in [0.29, 0.717) is 11.5 Å². The molecule has 0 heterocycles. The minimum absolute atomic E-state index is 0.0670. The minimum Gasteiger partial charge on any atom is -0.379 e. The lowest BCUT2D eigenvalue weighted by Crippen LogP contribution is -2.13. The van der Waals surface area contributed by atoms with Gasteiger partial charge in [0.2, 0.25) is 0 Å². The zero-order valence-electron chi connectivity index (χ0n) is 9.30. The van der Waals surface area contributed by atoms with Gasteiger partial charge in [-0.05, 0) is 12.1 Å². The van der Waals surface area contributed by atoms with Crippen LogP contribution in [0, 0.1) is 23.0 Å². The Kier molecular flexibility index (Phi) is 5.04. The molecule has 1 aromatic rings. The highest BCUT2D eigenvalue weighted by atomic mass is 32.2. The second kappa shape index (κ2) is 6.30. The quantitative estimate of drug-likeness (QED) is 0.879. The van der Waals surface area contributed by atoms with Crippen molar-refractivity contribution in [2.75, 3.05) is 23.4 Å². The summed E-state index contributed by atoms with van der Waals surface area (Å²) in [7, 11) is -0.980. The number of nitriles is 1. The van der Waals surface area contributed by atoms with E-state index in [9.17, 15) is 13.0 Å². The van der Waals surface area contributed by atoms with E-state index >= 15 is 0 Å². The molecule has 0 saturated carbocycles. The van der Waals surface area contributed by atoms with Crippen molar-refractivity contribution < 1.29 is 13.0 Å². The molecule has 0 aromatic heterocycles. The molecule has 0 fully saturated rings. The average Bonchev–Trinajstić information content (AvgIpc) is 2.31. The fourth-order valence-corrected chi connectivity index (χ4v) is 1.86. The third-order valence-electron chi connectivity index (χ3n) is 2.12. The molecule has 0 aliphatic heterocycles. The van der Waals surface area contributed by atoms with Crippen LogP contribution in [0.1, 0.15) is 12.5 Å². The van der Waals surface area contributed by atoms with Crippen LogP contribution in [-0.4, -0.2) is 22.3 Å². The van der Waals surface area contributed by atoms with E-state index in [0.717, 1.165) is 12.1 Å². The number of rotatable bonds is 5. The van der Waals surface area contributed by atoms with Crippen molar-refractivity contribution in [1.82, 2.24) is 0 Å². The highest BCUT2D eigenvalue weighted by Crippen LogP contribution is 2.20. The molecule has 1 aromatic carbocycles. The highest BCUT2D eigenvalue weighted by Gasteiger charge is 2.10. The maximum Gasteiger partial charge on any atom is 0.150 e. The molecule has 1 unspecified atom stereocenters. The molecule has 0 saturated heterocycles. The predicted octanol–water partition coefficient (Wildman–Crippen LogP) is 2.02. The van der Waals surface area contributed by atoms with Gasteiger partial charge in [-0.3, -0.25) is 4.21 Å². The molecule has 3 nitrogen and oxygen atoms in total. The van der Waals surface area contributed by atoms with Crippen molar-refractivity contribution in [3.8, 4) is 6.07 Å². The monoisotopic (exact) mass is 258 g/mol. The SMILES string of the molecule is CCS(=O)CCNc1c(F)cc(C#N)cc1F. The van der Waals surface area contributed by atoms with Gasteiger partial charge < -0.3 is 5.32 Å². The van der Waals surface area contributed by atoms with Gasteiger partial charge in [-0.25, -0.2) is 8.78 Å². The van der Waals surface area contributed by atoms with Crippen LogP contribution in [0.5, 0.6) is 0 Å². The second-order valence-electron chi connectivity index (χ2n) is 3.29. The molecule has 0 bridgehead atoms. The lowest BCUT2D eigenvalue weighted by atomic mass is 10.2. The van der Waals surface area contributed by atoms with Gasteiger partial charge in [0.05, 0.1) is 11.6 Å². The third-order valence-corrected chi connectivity index (χ3v) is 3.43. The summed E-state index contributed by atoms with van der Waals surface area (Å²) in [4.78, 5) is 0. The first-order valence-electron chi connectivity index (χ1n) is 5.06. The number of nitrogens with zero attached hydrogens (tertiary/aromatic N) is 1. The Morgan fingerprint density at radius 1 is 1.41 bits per heavy atom. The topological polar surface area (TPSA) is 52.9 Å². The number of hydrogen-bond donors (Lipinski definition) is 1. The van der Waals surface area contributed by atoms with Gasteiger partial charge in [0, 0.05) is 28.9 Å². The van der Waals surface area contributed by atoms with Gasteiger partial charge in [-0.15, -0.1) is 0 Å². The fraction of sp³-hybridized carbons (Fsp3) is 0.364. The van der Waals surface area contributed by atoms with Crippen LogP contribution in [0.15, 0.2) is 12.1 Å². The van der Waals surface area contributed by atoms with Gasteiger partial charge in [0.1, 0.15) is 5.69 Å². The van der Waals surface area contributed by atoms with E-state index in [1.165, 1.54) is 0 Å². The fourth-order valence-electron chi connectivity index (χ4n) is 1.24. The van der Waals surface area contributed by atoms with Gasteiger partial charge in [0.15, 0.2) is 11.6 Å². The molecule has 1 N–H and O–H groups in total. The van der Waals surface area contributed by atoms with Crippen molar-refractivity contribution in [3.05, 3.63) is 29.3 Å². The largest absolute Gasteiger partial charge is 0.379 e. The van der Waals surface area contributed by atoms with E-state index in [4.69, 9.17) is 5.26 Å². The Bertz CT molecular complexity index is 448. The van der Waals surface area contributed by atoms with Gasteiger partial charge in [-0.2, -0.15) is 5.26 Å². The Labute approximate surface area is 101 Å². The number of hydrogen-bond acceptors (Lipinski definition) is 3. The van der Waals surface area contributed by atoms with Crippen LogP contribution in [0.3, 0.4) is 0 Å². The standard InChI is InChI=1S/C11H12F2N2OS/c1-2-17(16)4-3-15-11-9(12)5-8(7-14)6-10(11)13/h5-6,15H,2-4H2,1H3. The van der Waals surface area contributed by atoms with E-state index in [-0.39, 0.29) is 17.8 Å². The summed E-state index contributed by atoms with van der Waals surface area (Å²) in [6.45, 7) is 2.00. The summed E-state index contributed by atoms with van der Waals surface area (Å²) in [5, 5.41) is 11.1. The van der Waals surface area contributed by atoms with Crippen LogP contribution in [0.4, 0.5) is 14.5 Å². The predicted molar refractivity (Wildman–Crippen MR) is 63.1 cm³/mol. The van der Waals surface area contributed by atoms with Crippen LogP contribution in [-0.2, 0) is 10.8 Å². The van der Waals surface area contributed by atoms with E-state index in [1.54, 1.807) is 13.0 Å². The van der Waals surface area contributed by atoms with E-state index in [1.807, 2.05) is 0 Å². The van der Waals surface area contributed by atoms with Gasteiger partial charge in [0.25, 0.3) is 0 Å². The lowest BCUT2D eigenvalue weighted by Gasteiger charge is -2.08. The number of benzene rings is 1. The van der Waals surface area contributed by atoms with E-state index < -0.39 is 22.4 Å². The number of halogens is 2. The van der Waals surface area contributed by atoms with Crippen LogP contribution >= 0.6 is 0 Å². The van der Waals surface area contributed by atoms with Crippen LogP contribution in [0.2, 0.25) is 0 Å². The molecule has 0 spiro atoms. The first kappa shape index (κ1) is 13.6. The maximum atomic E-state index is 13.4. The molecule has 0 radical (unpaired) electrons. The van der Waals surface area contributed by atoms with Crippen LogP contribution < -0.4 is 5.32 Å². The molecule has 1 atom stereocenters. The smallest absolute Gasteiger partial charge is 0.150 e. The zero-order valence-corrected chi connectivity index (χ0v) is 10.1. The molecule has 0 amide bonds. The second-order valence-corrected chi connectivity index (χ2v) is 5.15. The van der Waals surface area contributed by atoms with Crippen molar-refractivity contribution >= 4 is 16.5 Å². The average molecular weight is 258 g/mol. The minimum atomic E-state index is -0.980. The summed E-state index contributed by atoms with van der Waals surface area (Å²) < 4.78 is 37.9. The molecular formula is C11H12F2N2OS. The number of anilines is 1. The zero-order chi connectivity index (χ0) is 12.8. The molecule has 1 rings (SSSR count). The molecule has 17 heavy (non-hydrogen) atoms. The Morgan fingerprint density at radius 3 is 2.47 bits per heavy atom. The first-order valence-corrected chi connectivity index (χ1v) is 6.55. The maximum absolute atomic E-state index is 13.4. The normalized spacial score (nSPS) is 11.9. The van der Waals surface area contributed by atoms with Gasteiger partial charge >= 0.3 is 0 Å². The molecule has 0 aliphatic carbocycles. The van der Waals surface area contributed by atoms with Crippen molar-refractivity contribution in [2.45, 2.75) is 6.92 Å². The Balaban J connectivity index is 2.72. The highest BCUT2D eigenvalue weighted by molar-refractivity contribution is 7.84. The summed E-state index contributed by atoms with van der Waals surface area (Å²) in [6.07, 6.45) is 0. The van der Waals surface area contributed by atoms with Crippen molar-refractivity contribution in [3.63, 3.8) is 0 Å². The summed E-state index contributed by atoms with van der Waals surface area (Å²) in [5.74, 6) is -0.789. The lowest BCUT2D eigenvalue weighted by molar-refractivity contribution is 0.588. The molecular weight excluding hydrogens is 246 g/mol. The Hall–Kier alpha value is -1.48. The van der Waals surface area contributed by atoms with Crippen molar-refractivity contribution in [2.24, 2.45) is 0 Å². The summed E-state index contributed by atoms with van der Waals surface area (Å²) in [5.41, 5.74) is -0.347. The molecule has 92 valence electrons. The molecule has 0 aliphatic rings. The van der Waals surface area contributed by atoms with Gasteiger partial charge in [-0.1, -0.05) is 6.92 Å².